The number of anilines is 2. The SMILES string of the molecule is COc1ccc(S(=O)(=O)N(CC(=O)N2CCc3ccccc32)c2cc(C)cc(C)c2)cc1OC. The molecule has 4 rings (SSSR count). The van der Waals surface area contributed by atoms with Crippen LogP contribution in [0.15, 0.2) is 65.6 Å². The molecule has 0 saturated carbocycles. The van der Waals surface area contributed by atoms with E-state index in [1.165, 1.54) is 30.7 Å². The zero-order chi connectivity index (χ0) is 24.5. The number of aryl methyl sites for hydroxylation is 2. The average molecular weight is 481 g/mol. The van der Waals surface area contributed by atoms with Crippen molar-refractivity contribution in [2.75, 3.05) is 36.5 Å². The predicted octanol–water partition coefficient (Wildman–Crippen LogP) is 4.11. The van der Waals surface area contributed by atoms with Gasteiger partial charge < -0.3 is 14.4 Å². The van der Waals surface area contributed by atoms with Crippen LogP contribution in [0.4, 0.5) is 11.4 Å². The van der Waals surface area contributed by atoms with Crippen LogP contribution < -0.4 is 18.7 Å². The van der Waals surface area contributed by atoms with Gasteiger partial charge in [-0.25, -0.2) is 8.42 Å². The lowest BCUT2D eigenvalue weighted by atomic mass is 10.1. The van der Waals surface area contributed by atoms with Gasteiger partial charge in [-0.2, -0.15) is 0 Å². The zero-order valence-electron chi connectivity index (χ0n) is 19.7. The fourth-order valence-corrected chi connectivity index (χ4v) is 5.73. The summed E-state index contributed by atoms with van der Waals surface area (Å²) in [7, 11) is -1.16. The van der Waals surface area contributed by atoms with Crippen LogP contribution in [0.3, 0.4) is 0 Å². The van der Waals surface area contributed by atoms with Crippen molar-refractivity contribution in [1.29, 1.82) is 0 Å². The molecule has 0 bridgehead atoms. The van der Waals surface area contributed by atoms with Crippen molar-refractivity contribution < 1.29 is 22.7 Å². The quantitative estimate of drug-likeness (QED) is 0.509. The number of methoxy groups -OCH3 is 2. The predicted molar refractivity (Wildman–Crippen MR) is 132 cm³/mol. The first kappa shape index (κ1) is 23.6. The molecule has 1 aliphatic heterocycles. The Hall–Kier alpha value is -3.52. The van der Waals surface area contributed by atoms with Gasteiger partial charge in [-0.3, -0.25) is 9.10 Å². The fourth-order valence-electron chi connectivity index (χ4n) is 4.32. The molecule has 0 saturated heterocycles. The Morgan fingerprint density at radius 3 is 2.29 bits per heavy atom. The first-order valence-electron chi connectivity index (χ1n) is 11.0. The summed E-state index contributed by atoms with van der Waals surface area (Å²) in [6, 6.07) is 17.6. The van der Waals surface area contributed by atoms with E-state index in [4.69, 9.17) is 9.47 Å². The Morgan fingerprint density at radius 1 is 0.941 bits per heavy atom. The van der Waals surface area contributed by atoms with E-state index in [-0.39, 0.29) is 17.3 Å². The molecule has 3 aromatic carbocycles. The van der Waals surface area contributed by atoms with Gasteiger partial charge in [0.1, 0.15) is 6.54 Å². The summed E-state index contributed by atoms with van der Waals surface area (Å²) in [5, 5.41) is 0. The summed E-state index contributed by atoms with van der Waals surface area (Å²) < 4.78 is 39.5. The van der Waals surface area contributed by atoms with Crippen LogP contribution in [0.25, 0.3) is 0 Å². The summed E-state index contributed by atoms with van der Waals surface area (Å²) in [6.07, 6.45) is 0.744. The molecule has 0 spiro atoms. The van der Waals surface area contributed by atoms with Gasteiger partial charge in [0.2, 0.25) is 5.91 Å². The standard InChI is InChI=1S/C26H28N2O5S/c1-18-13-19(2)15-21(14-18)28(17-26(29)27-12-11-20-7-5-6-8-23(20)27)34(30,31)22-9-10-24(32-3)25(16-22)33-4/h5-10,13-16H,11-12,17H2,1-4H3. The lowest BCUT2D eigenvalue weighted by molar-refractivity contribution is -0.117. The second-order valence-corrected chi connectivity index (χ2v) is 10.2. The number of ether oxygens (including phenoxy) is 2. The van der Waals surface area contributed by atoms with E-state index in [0.717, 1.165) is 28.8 Å². The van der Waals surface area contributed by atoms with Crippen LogP contribution >= 0.6 is 0 Å². The highest BCUT2D eigenvalue weighted by Gasteiger charge is 2.32. The number of hydrogen-bond donors (Lipinski definition) is 0. The molecule has 0 N–H and O–H groups in total. The van der Waals surface area contributed by atoms with Gasteiger partial charge >= 0.3 is 0 Å². The van der Waals surface area contributed by atoms with Gasteiger partial charge in [0, 0.05) is 18.3 Å². The van der Waals surface area contributed by atoms with E-state index in [2.05, 4.69) is 0 Å². The summed E-state index contributed by atoms with van der Waals surface area (Å²) >= 11 is 0. The second-order valence-electron chi connectivity index (χ2n) is 8.30. The number of benzene rings is 3. The van der Waals surface area contributed by atoms with Crippen LogP contribution in [0.2, 0.25) is 0 Å². The van der Waals surface area contributed by atoms with Crippen molar-refractivity contribution >= 4 is 27.3 Å². The van der Waals surface area contributed by atoms with Gasteiger partial charge in [0.05, 0.1) is 24.8 Å². The lowest BCUT2D eigenvalue weighted by Crippen LogP contribution is -2.42. The molecule has 0 fully saturated rings. The Balaban J connectivity index is 1.77. The van der Waals surface area contributed by atoms with E-state index in [1.54, 1.807) is 23.1 Å². The minimum atomic E-state index is -4.10. The third kappa shape index (κ3) is 4.46. The van der Waals surface area contributed by atoms with Crippen molar-refractivity contribution in [3.05, 3.63) is 77.4 Å². The first-order chi connectivity index (χ1) is 16.2. The largest absolute Gasteiger partial charge is 0.493 e. The molecular weight excluding hydrogens is 452 g/mol. The van der Waals surface area contributed by atoms with Crippen LogP contribution in [-0.4, -0.2) is 41.6 Å². The van der Waals surface area contributed by atoms with Crippen LogP contribution in [0, 0.1) is 13.8 Å². The van der Waals surface area contributed by atoms with Crippen molar-refractivity contribution in [2.45, 2.75) is 25.2 Å². The summed E-state index contributed by atoms with van der Waals surface area (Å²) in [4.78, 5) is 15.1. The fraction of sp³-hybridized carbons (Fsp3) is 0.269. The maximum Gasteiger partial charge on any atom is 0.264 e. The smallest absolute Gasteiger partial charge is 0.264 e. The molecule has 1 aliphatic rings. The second kappa shape index (κ2) is 9.38. The molecule has 1 amide bonds. The molecular formula is C26H28N2O5S. The number of rotatable bonds is 7. The maximum absolute atomic E-state index is 13.9. The third-order valence-corrected chi connectivity index (χ3v) is 7.67. The topological polar surface area (TPSA) is 76.2 Å². The highest BCUT2D eigenvalue weighted by molar-refractivity contribution is 7.92. The minimum Gasteiger partial charge on any atom is -0.493 e. The number of hydrogen-bond acceptors (Lipinski definition) is 5. The Kier molecular flexibility index (Phi) is 6.52. The molecule has 0 unspecified atom stereocenters. The summed E-state index contributed by atoms with van der Waals surface area (Å²) in [5.41, 5.74) is 4.16. The van der Waals surface area contributed by atoms with Crippen LogP contribution in [0.1, 0.15) is 16.7 Å². The van der Waals surface area contributed by atoms with Crippen molar-refractivity contribution in [1.82, 2.24) is 0 Å². The summed E-state index contributed by atoms with van der Waals surface area (Å²) in [5.74, 6) is 0.432. The highest BCUT2D eigenvalue weighted by Crippen LogP contribution is 2.33. The number of nitrogens with zero attached hydrogens (tertiary/aromatic N) is 2. The number of fused-ring (bicyclic) bond motifs is 1. The Morgan fingerprint density at radius 2 is 1.62 bits per heavy atom. The number of carbonyl (C=O) groups excluding carboxylic acids is 1. The molecule has 1 heterocycles. The monoisotopic (exact) mass is 480 g/mol. The molecule has 34 heavy (non-hydrogen) atoms. The molecule has 0 atom stereocenters. The van der Waals surface area contributed by atoms with Gasteiger partial charge in [-0.1, -0.05) is 24.3 Å². The van der Waals surface area contributed by atoms with E-state index in [0.29, 0.717) is 23.7 Å². The molecule has 7 nitrogen and oxygen atoms in total. The van der Waals surface area contributed by atoms with Crippen molar-refractivity contribution in [3.8, 4) is 11.5 Å². The molecule has 3 aromatic rings. The third-order valence-electron chi connectivity index (χ3n) is 5.90. The number of amides is 1. The number of sulfonamides is 1. The lowest BCUT2D eigenvalue weighted by Gasteiger charge is -2.27. The molecule has 0 aliphatic carbocycles. The first-order valence-corrected chi connectivity index (χ1v) is 12.4. The van der Waals surface area contributed by atoms with Gasteiger partial charge in [-0.05, 0) is 67.3 Å². The van der Waals surface area contributed by atoms with Gasteiger partial charge in [0.25, 0.3) is 10.0 Å². The number of carbonyl (C=O) groups is 1. The summed E-state index contributed by atoms with van der Waals surface area (Å²) in [6.45, 7) is 4.00. The van der Waals surface area contributed by atoms with Crippen LogP contribution in [0.5, 0.6) is 11.5 Å². The molecule has 0 radical (unpaired) electrons. The van der Waals surface area contributed by atoms with Crippen LogP contribution in [-0.2, 0) is 21.2 Å². The molecule has 8 heteroatoms. The maximum atomic E-state index is 13.9. The molecule has 0 aromatic heterocycles. The highest BCUT2D eigenvalue weighted by atomic mass is 32.2. The Bertz CT molecular complexity index is 1320. The van der Waals surface area contributed by atoms with E-state index < -0.39 is 10.0 Å². The van der Waals surface area contributed by atoms with E-state index in [9.17, 15) is 13.2 Å². The number of para-hydroxylation sites is 1. The molecule has 178 valence electrons. The normalized spacial score (nSPS) is 12.9. The zero-order valence-corrected chi connectivity index (χ0v) is 20.6. The van der Waals surface area contributed by atoms with Crippen molar-refractivity contribution in [2.24, 2.45) is 0 Å². The van der Waals surface area contributed by atoms with Gasteiger partial charge in [-0.15, -0.1) is 0 Å². The Labute approximate surface area is 200 Å². The minimum absolute atomic E-state index is 0.0129. The van der Waals surface area contributed by atoms with Gasteiger partial charge in [0.15, 0.2) is 11.5 Å². The van der Waals surface area contributed by atoms with E-state index >= 15 is 0 Å². The van der Waals surface area contributed by atoms with Crippen molar-refractivity contribution in [3.63, 3.8) is 0 Å². The van der Waals surface area contributed by atoms with E-state index in [1.807, 2.05) is 44.2 Å². The average Bonchev–Trinajstić information content (AvgIpc) is 3.25.